The Morgan fingerprint density at radius 2 is 2.12 bits per heavy atom. The van der Waals surface area contributed by atoms with Crippen LogP contribution in [-0.4, -0.2) is 27.7 Å². The van der Waals surface area contributed by atoms with E-state index in [9.17, 15) is 5.11 Å². The standard InChI is InChI=1S/C12H16N4O/c1-2-8(17)7-14-11-9-5-3-4-6-10(9)15-12(13)16-11/h3-6,8,17H,2,7H2,1H3,(H3,13,14,15,16). The Hall–Kier alpha value is -1.88. The van der Waals surface area contributed by atoms with Crippen LogP contribution in [0.3, 0.4) is 0 Å². The average molecular weight is 232 g/mol. The largest absolute Gasteiger partial charge is 0.391 e. The van der Waals surface area contributed by atoms with Crippen LogP contribution in [0.1, 0.15) is 13.3 Å². The summed E-state index contributed by atoms with van der Waals surface area (Å²) >= 11 is 0. The molecule has 2 aromatic rings. The number of nitrogen functional groups attached to an aromatic ring is 1. The van der Waals surface area contributed by atoms with E-state index >= 15 is 0 Å². The summed E-state index contributed by atoms with van der Waals surface area (Å²) in [5.41, 5.74) is 6.44. The van der Waals surface area contributed by atoms with E-state index in [4.69, 9.17) is 5.73 Å². The molecule has 0 aliphatic heterocycles. The van der Waals surface area contributed by atoms with Crippen molar-refractivity contribution >= 4 is 22.7 Å². The SMILES string of the molecule is CCC(O)CNc1nc(N)nc2ccccc12. The van der Waals surface area contributed by atoms with Crippen molar-refractivity contribution in [1.29, 1.82) is 0 Å². The third kappa shape index (κ3) is 2.62. The van der Waals surface area contributed by atoms with Gasteiger partial charge in [0.2, 0.25) is 5.95 Å². The van der Waals surface area contributed by atoms with Crippen LogP contribution in [0.4, 0.5) is 11.8 Å². The summed E-state index contributed by atoms with van der Waals surface area (Å²) in [5, 5.41) is 13.5. The second kappa shape index (κ2) is 4.97. The molecule has 0 saturated carbocycles. The highest BCUT2D eigenvalue weighted by molar-refractivity contribution is 5.89. The Morgan fingerprint density at radius 3 is 2.88 bits per heavy atom. The van der Waals surface area contributed by atoms with Gasteiger partial charge in [-0.3, -0.25) is 0 Å². The van der Waals surface area contributed by atoms with Crippen molar-refractivity contribution in [3.8, 4) is 0 Å². The summed E-state index contributed by atoms with van der Waals surface area (Å²) in [6, 6.07) is 7.63. The van der Waals surface area contributed by atoms with E-state index in [1.165, 1.54) is 0 Å². The van der Waals surface area contributed by atoms with Crippen LogP contribution in [0.25, 0.3) is 10.9 Å². The Morgan fingerprint density at radius 1 is 1.35 bits per heavy atom. The highest BCUT2D eigenvalue weighted by atomic mass is 16.3. The minimum atomic E-state index is -0.384. The number of fused-ring (bicyclic) bond motifs is 1. The first-order valence-corrected chi connectivity index (χ1v) is 5.65. The molecule has 0 radical (unpaired) electrons. The summed E-state index contributed by atoms with van der Waals surface area (Å²) in [4.78, 5) is 8.30. The molecule has 4 N–H and O–H groups in total. The summed E-state index contributed by atoms with van der Waals surface area (Å²) in [6.45, 7) is 2.38. The van der Waals surface area contributed by atoms with E-state index in [2.05, 4.69) is 15.3 Å². The zero-order chi connectivity index (χ0) is 12.3. The quantitative estimate of drug-likeness (QED) is 0.742. The van der Waals surface area contributed by atoms with Gasteiger partial charge in [0.15, 0.2) is 0 Å². The molecule has 0 saturated heterocycles. The first-order valence-electron chi connectivity index (χ1n) is 5.65. The number of aliphatic hydroxyl groups is 1. The topological polar surface area (TPSA) is 84.1 Å². The van der Waals surface area contributed by atoms with Crippen LogP contribution in [0.15, 0.2) is 24.3 Å². The molecule has 1 unspecified atom stereocenters. The predicted molar refractivity (Wildman–Crippen MR) is 68.7 cm³/mol. The number of hydrogen-bond donors (Lipinski definition) is 3. The highest BCUT2D eigenvalue weighted by Gasteiger charge is 2.07. The van der Waals surface area contributed by atoms with Crippen LogP contribution in [0.2, 0.25) is 0 Å². The molecule has 0 amide bonds. The Kier molecular flexibility index (Phi) is 3.39. The van der Waals surface area contributed by atoms with Gasteiger partial charge >= 0.3 is 0 Å². The van der Waals surface area contributed by atoms with Gasteiger partial charge in [-0.25, -0.2) is 4.98 Å². The minimum absolute atomic E-state index is 0.234. The number of nitrogens with two attached hydrogens (primary N) is 1. The number of para-hydroxylation sites is 1. The van der Waals surface area contributed by atoms with E-state index in [1.807, 2.05) is 31.2 Å². The number of hydrogen-bond acceptors (Lipinski definition) is 5. The average Bonchev–Trinajstić information content (AvgIpc) is 2.35. The molecular weight excluding hydrogens is 216 g/mol. The predicted octanol–water partition coefficient (Wildman–Crippen LogP) is 1.39. The second-order valence-corrected chi connectivity index (χ2v) is 3.89. The number of aromatic nitrogens is 2. The number of aliphatic hydroxyl groups excluding tert-OH is 1. The molecule has 90 valence electrons. The number of nitrogens with zero attached hydrogens (tertiary/aromatic N) is 2. The molecule has 1 heterocycles. The van der Waals surface area contributed by atoms with Gasteiger partial charge in [-0.15, -0.1) is 0 Å². The lowest BCUT2D eigenvalue weighted by Gasteiger charge is -2.12. The van der Waals surface area contributed by atoms with Gasteiger partial charge in [0.25, 0.3) is 0 Å². The molecule has 5 heteroatoms. The maximum Gasteiger partial charge on any atom is 0.222 e. The summed E-state index contributed by atoms with van der Waals surface area (Å²) in [5.74, 6) is 0.901. The molecule has 17 heavy (non-hydrogen) atoms. The smallest absolute Gasteiger partial charge is 0.222 e. The Bertz CT molecular complexity index is 515. The molecule has 0 spiro atoms. The second-order valence-electron chi connectivity index (χ2n) is 3.89. The third-order valence-corrected chi connectivity index (χ3v) is 2.60. The maximum absolute atomic E-state index is 9.52. The molecule has 1 atom stereocenters. The number of rotatable bonds is 4. The van der Waals surface area contributed by atoms with Gasteiger partial charge in [-0.05, 0) is 18.6 Å². The Balaban J connectivity index is 2.32. The van der Waals surface area contributed by atoms with Gasteiger partial charge in [0.1, 0.15) is 5.82 Å². The third-order valence-electron chi connectivity index (χ3n) is 2.60. The first-order chi connectivity index (χ1) is 8.20. The van der Waals surface area contributed by atoms with E-state index < -0.39 is 0 Å². The van der Waals surface area contributed by atoms with Crippen molar-refractivity contribution in [2.75, 3.05) is 17.6 Å². The first kappa shape index (κ1) is 11.6. The molecular formula is C12H16N4O. The molecule has 5 nitrogen and oxygen atoms in total. The van der Waals surface area contributed by atoms with E-state index in [0.29, 0.717) is 18.8 Å². The molecule has 0 aliphatic rings. The maximum atomic E-state index is 9.52. The number of anilines is 2. The lowest BCUT2D eigenvalue weighted by atomic mass is 10.2. The van der Waals surface area contributed by atoms with Crippen molar-refractivity contribution in [1.82, 2.24) is 9.97 Å². The summed E-state index contributed by atoms with van der Waals surface area (Å²) < 4.78 is 0. The van der Waals surface area contributed by atoms with E-state index in [1.54, 1.807) is 0 Å². The van der Waals surface area contributed by atoms with Gasteiger partial charge in [-0.1, -0.05) is 19.1 Å². The molecule has 1 aromatic heterocycles. The lowest BCUT2D eigenvalue weighted by molar-refractivity contribution is 0.183. The van der Waals surface area contributed by atoms with Crippen LogP contribution in [0.5, 0.6) is 0 Å². The van der Waals surface area contributed by atoms with Crippen molar-refractivity contribution in [3.05, 3.63) is 24.3 Å². The molecule has 1 aromatic carbocycles. The number of benzene rings is 1. The van der Waals surface area contributed by atoms with Gasteiger partial charge in [0.05, 0.1) is 11.6 Å². The summed E-state index contributed by atoms with van der Waals surface area (Å²) in [7, 11) is 0. The zero-order valence-corrected chi connectivity index (χ0v) is 9.72. The van der Waals surface area contributed by atoms with Crippen molar-refractivity contribution in [2.45, 2.75) is 19.4 Å². The van der Waals surface area contributed by atoms with E-state index in [-0.39, 0.29) is 12.1 Å². The monoisotopic (exact) mass is 232 g/mol. The van der Waals surface area contributed by atoms with Gasteiger partial charge < -0.3 is 16.2 Å². The van der Waals surface area contributed by atoms with Crippen molar-refractivity contribution < 1.29 is 5.11 Å². The normalized spacial score (nSPS) is 12.6. The molecule has 0 fully saturated rings. The fraction of sp³-hybridized carbons (Fsp3) is 0.333. The molecule has 0 aliphatic carbocycles. The van der Waals surface area contributed by atoms with E-state index in [0.717, 1.165) is 10.9 Å². The Labute approximate surface area is 99.7 Å². The van der Waals surface area contributed by atoms with Crippen LogP contribution < -0.4 is 11.1 Å². The highest BCUT2D eigenvalue weighted by Crippen LogP contribution is 2.20. The van der Waals surface area contributed by atoms with Crippen LogP contribution in [-0.2, 0) is 0 Å². The fourth-order valence-corrected chi connectivity index (χ4v) is 1.59. The van der Waals surface area contributed by atoms with Crippen molar-refractivity contribution in [2.24, 2.45) is 0 Å². The minimum Gasteiger partial charge on any atom is -0.391 e. The lowest BCUT2D eigenvalue weighted by Crippen LogP contribution is -2.19. The summed E-state index contributed by atoms with van der Waals surface area (Å²) in [6.07, 6.45) is 0.316. The van der Waals surface area contributed by atoms with Crippen molar-refractivity contribution in [3.63, 3.8) is 0 Å². The number of nitrogens with one attached hydrogen (secondary N) is 1. The molecule has 2 rings (SSSR count). The zero-order valence-electron chi connectivity index (χ0n) is 9.72. The van der Waals surface area contributed by atoms with Crippen LogP contribution in [0, 0.1) is 0 Å². The van der Waals surface area contributed by atoms with Gasteiger partial charge in [0, 0.05) is 11.9 Å². The fourth-order valence-electron chi connectivity index (χ4n) is 1.59. The molecule has 0 bridgehead atoms. The van der Waals surface area contributed by atoms with Crippen LogP contribution >= 0.6 is 0 Å². The van der Waals surface area contributed by atoms with Gasteiger partial charge in [-0.2, -0.15) is 4.98 Å².